The number of hydrogen-bond donors (Lipinski definition) is 1. The van der Waals surface area contributed by atoms with Gasteiger partial charge < -0.3 is 19.6 Å². The highest BCUT2D eigenvalue weighted by atomic mass is 19.1. The van der Waals surface area contributed by atoms with Crippen molar-refractivity contribution >= 4 is 17.8 Å². The number of halogens is 1. The van der Waals surface area contributed by atoms with Crippen LogP contribution in [0.5, 0.6) is 11.5 Å². The van der Waals surface area contributed by atoms with Crippen LogP contribution in [0.3, 0.4) is 0 Å². The van der Waals surface area contributed by atoms with Gasteiger partial charge in [0, 0.05) is 5.56 Å². The molecule has 0 atom stereocenters. The number of nitrogens with one attached hydrogen (secondary N) is 1. The Labute approximate surface area is 145 Å². The molecule has 2 aromatic carbocycles. The van der Waals surface area contributed by atoms with Crippen LogP contribution in [-0.2, 0) is 9.63 Å². The van der Waals surface area contributed by atoms with Gasteiger partial charge in [0.15, 0.2) is 18.1 Å². The van der Waals surface area contributed by atoms with E-state index >= 15 is 0 Å². The molecule has 132 valence electrons. The maximum absolute atomic E-state index is 13.6. The Balaban J connectivity index is 1.87. The number of anilines is 1. The van der Waals surface area contributed by atoms with Crippen molar-refractivity contribution in [2.45, 2.75) is 6.92 Å². The fourth-order valence-electron chi connectivity index (χ4n) is 2.03. The minimum Gasteiger partial charge on any atom is -0.493 e. The van der Waals surface area contributed by atoms with E-state index < -0.39 is 11.7 Å². The molecule has 25 heavy (non-hydrogen) atoms. The Morgan fingerprint density at radius 3 is 2.60 bits per heavy atom. The smallest absolute Gasteiger partial charge is 0.265 e. The topological polar surface area (TPSA) is 69.2 Å². The van der Waals surface area contributed by atoms with Crippen molar-refractivity contribution in [3.05, 3.63) is 53.3 Å². The number of rotatable bonds is 7. The summed E-state index contributed by atoms with van der Waals surface area (Å²) in [7, 11) is 3.08. The van der Waals surface area contributed by atoms with E-state index in [1.165, 1.54) is 25.5 Å². The molecule has 1 amide bonds. The molecule has 0 aliphatic carbocycles. The summed E-state index contributed by atoms with van der Waals surface area (Å²) in [6.07, 6.45) is 1.43. The number of nitrogens with zero attached hydrogens (tertiary/aromatic N) is 1. The second kappa shape index (κ2) is 8.68. The van der Waals surface area contributed by atoms with E-state index in [4.69, 9.17) is 14.3 Å². The predicted molar refractivity (Wildman–Crippen MR) is 92.9 cm³/mol. The second-order valence-electron chi connectivity index (χ2n) is 5.15. The first-order chi connectivity index (χ1) is 12.0. The van der Waals surface area contributed by atoms with Crippen molar-refractivity contribution in [2.75, 3.05) is 26.1 Å². The quantitative estimate of drug-likeness (QED) is 0.618. The molecule has 0 aliphatic heterocycles. The lowest BCUT2D eigenvalue weighted by Crippen LogP contribution is -2.17. The molecule has 0 fully saturated rings. The molecule has 0 aliphatic rings. The SMILES string of the molecule is COc1ccc(/C=N/OCC(=O)Nc2ccc(C)cc2F)cc1OC. The Bertz CT molecular complexity index is 778. The molecule has 1 N–H and O–H groups in total. The lowest BCUT2D eigenvalue weighted by molar-refractivity contribution is -0.120. The molecule has 0 saturated carbocycles. The van der Waals surface area contributed by atoms with E-state index in [9.17, 15) is 9.18 Å². The second-order valence-corrected chi connectivity index (χ2v) is 5.15. The first-order valence-electron chi connectivity index (χ1n) is 7.47. The van der Waals surface area contributed by atoms with E-state index in [0.717, 1.165) is 5.56 Å². The molecule has 2 rings (SSSR count). The Kier molecular flexibility index (Phi) is 6.33. The number of amides is 1. The van der Waals surface area contributed by atoms with Crippen LogP contribution in [0.25, 0.3) is 0 Å². The van der Waals surface area contributed by atoms with Gasteiger partial charge in [-0.25, -0.2) is 4.39 Å². The lowest BCUT2D eigenvalue weighted by Gasteiger charge is -2.07. The highest BCUT2D eigenvalue weighted by Gasteiger charge is 2.07. The maximum atomic E-state index is 13.6. The average Bonchev–Trinajstić information content (AvgIpc) is 2.61. The van der Waals surface area contributed by atoms with E-state index in [2.05, 4.69) is 10.5 Å². The van der Waals surface area contributed by atoms with Crippen LogP contribution >= 0.6 is 0 Å². The first kappa shape index (κ1) is 18.3. The van der Waals surface area contributed by atoms with E-state index in [1.807, 2.05) is 0 Å². The third-order valence-electron chi connectivity index (χ3n) is 3.28. The molecule has 0 unspecified atom stereocenters. The van der Waals surface area contributed by atoms with Crippen LogP contribution in [0.2, 0.25) is 0 Å². The van der Waals surface area contributed by atoms with E-state index in [1.54, 1.807) is 38.3 Å². The zero-order chi connectivity index (χ0) is 18.2. The van der Waals surface area contributed by atoms with Gasteiger partial charge in [-0.2, -0.15) is 0 Å². The zero-order valence-electron chi connectivity index (χ0n) is 14.2. The molecule has 0 saturated heterocycles. The number of methoxy groups -OCH3 is 2. The number of carbonyl (C=O) groups excluding carboxylic acids is 1. The lowest BCUT2D eigenvalue weighted by atomic mass is 10.2. The minimum atomic E-state index is -0.507. The van der Waals surface area contributed by atoms with Crippen molar-refractivity contribution in [3.63, 3.8) is 0 Å². The maximum Gasteiger partial charge on any atom is 0.265 e. The summed E-state index contributed by atoms with van der Waals surface area (Å²) in [6.45, 7) is 1.43. The summed E-state index contributed by atoms with van der Waals surface area (Å²) in [5, 5.41) is 6.13. The number of carbonyl (C=O) groups is 1. The third kappa shape index (κ3) is 5.20. The van der Waals surface area contributed by atoms with E-state index in [0.29, 0.717) is 17.1 Å². The Morgan fingerprint density at radius 2 is 1.92 bits per heavy atom. The van der Waals surface area contributed by atoms with Crippen molar-refractivity contribution in [1.82, 2.24) is 0 Å². The summed E-state index contributed by atoms with van der Waals surface area (Å²) >= 11 is 0. The van der Waals surface area contributed by atoms with Crippen LogP contribution in [0.1, 0.15) is 11.1 Å². The Hall–Kier alpha value is -3.09. The molecule has 7 heteroatoms. The van der Waals surface area contributed by atoms with Gasteiger partial charge in [0.05, 0.1) is 26.1 Å². The number of aryl methyl sites for hydroxylation is 1. The molecule has 0 radical (unpaired) electrons. The van der Waals surface area contributed by atoms with Gasteiger partial charge in [-0.3, -0.25) is 4.79 Å². The normalized spacial score (nSPS) is 10.6. The number of hydrogen-bond acceptors (Lipinski definition) is 5. The summed E-state index contributed by atoms with van der Waals surface area (Å²) in [5.74, 6) is 0.147. The highest BCUT2D eigenvalue weighted by molar-refractivity contribution is 5.91. The monoisotopic (exact) mass is 346 g/mol. The third-order valence-corrected chi connectivity index (χ3v) is 3.28. The predicted octanol–water partition coefficient (Wildman–Crippen LogP) is 3.14. The van der Waals surface area contributed by atoms with Gasteiger partial charge in [-0.15, -0.1) is 0 Å². The molecule has 6 nitrogen and oxygen atoms in total. The van der Waals surface area contributed by atoms with Gasteiger partial charge >= 0.3 is 0 Å². The molecule has 0 aromatic heterocycles. The van der Waals surface area contributed by atoms with Crippen LogP contribution in [0.15, 0.2) is 41.6 Å². The van der Waals surface area contributed by atoms with Crippen molar-refractivity contribution in [2.24, 2.45) is 5.16 Å². The Morgan fingerprint density at radius 1 is 1.16 bits per heavy atom. The fraction of sp³-hybridized carbons (Fsp3) is 0.222. The summed E-state index contributed by atoms with van der Waals surface area (Å²) in [6, 6.07) is 9.74. The van der Waals surface area contributed by atoms with Gasteiger partial charge in [0.25, 0.3) is 5.91 Å². The van der Waals surface area contributed by atoms with Crippen LogP contribution in [-0.4, -0.2) is 32.9 Å². The fourth-order valence-corrected chi connectivity index (χ4v) is 2.03. The van der Waals surface area contributed by atoms with Crippen LogP contribution in [0.4, 0.5) is 10.1 Å². The molecular weight excluding hydrogens is 327 g/mol. The number of oxime groups is 1. The van der Waals surface area contributed by atoms with Gasteiger partial charge in [-0.05, 0) is 42.8 Å². The molecular formula is C18H19FN2O4. The van der Waals surface area contributed by atoms with Crippen LogP contribution in [0, 0.1) is 12.7 Å². The van der Waals surface area contributed by atoms with Crippen molar-refractivity contribution in [1.29, 1.82) is 0 Å². The molecule has 0 bridgehead atoms. The summed E-state index contributed by atoms with van der Waals surface area (Å²) < 4.78 is 24.0. The highest BCUT2D eigenvalue weighted by Crippen LogP contribution is 2.26. The number of benzene rings is 2. The zero-order valence-corrected chi connectivity index (χ0v) is 14.2. The molecule has 0 spiro atoms. The average molecular weight is 346 g/mol. The molecule has 2 aromatic rings. The largest absolute Gasteiger partial charge is 0.493 e. The van der Waals surface area contributed by atoms with Crippen molar-refractivity contribution < 1.29 is 23.5 Å². The summed E-state index contributed by atoms with van der Waals surface area (Å²) in [4.78, 5) is 16.7. The first-order valence-corrected chi connectivity index (χ1v) is 7.47. The van der Waals surface area contributed by atoms with Gasteiger partial charge in [0.2, 0.25) is 0 Å². The van der Waals surface area contributed by atoms with E-state index in [-0.39, 0.29) is 12.3 Å². The summed E-state index contributed by atoms with van der Waals surface area (Å²) in [5.41, 5.74) is 1.58. The van der Waals surface area contributed by atoms with Gasteiger partial charge in [0.1, 0.15) is 5.82 Å². The van der Waals surface area contributed by atoms with Crippen LogP contribution < -0.4 is 14.8 Å². The minimum absolute atomic E-state index is 0.100. The van der Waals surface area contributed by atoms with Gasteiger partial charge in [-0.1, -0.05) is 11.2 Å². The standard InChI is InChI=1S/C18H19FN2O4/c1-12-4-6-15(14(19)8-12)21-18(22)11-25-20-10-13-5-7-16(23-2)17(9-13)24-3/h4-10H,11H2,1-3H3,(H,21,22)/b20-10+. The molecule has 0 heterocycles. The van der Waals surface area contributed by atoms with Crippen molar-refractivity contribution in [3.8, 4) is 11.5 Å². The number of ether oxygens (including phenoxy) is 2.